The lowest BCUT2D eigenvalue weighted by molar-refractivity contribution is 0.425. The Kier molecular flexibility index (Phi) is 3.96. The highest BCUT2D eigenvalue weighted by molar-refractivity contribution is 7.15. The van der Waals surface area contributed by atoms with E-state index in [1.807, 2.05) is 6.92 Å². The van der Waals surface area contributed by atoms with Gasteiger partial charge in [-0.15, -0.1) is 11.3 Å². The fourth-order valence-electron chi connectivity index (χ4n) is 1.55. The van der Waals surface area contributed by atoms with Gasteiger partial charge in [-0.3, -0.25) is 4.98 Å². The highest BCUT2D eigenvalue weighted by atomic mass is 32.1. The molecule has 2 heterocycles. The number of hydrogen-bond acceptors (Lipinski definition) is 4. The zero-order valence-electron chi connectivity index (χ0n) is 11.6. The molecule has 0 bridgehead atoms. The molecule has 3 nitrogen and oxygen atoms in total. The Labute approximate surface area is 116 Å². The van der Waals surface area contributed by atoms with Crippen molar-refractivity contribution in [1.29, 1.82) is 0 Å². The molecule has 2 rings (SSSR count). The third kappa shape index (κ3) is 3.81. The van der Waals surface area contributed by atoms with Crippen molar-refractivity contribution >= 4 is 11.3 Å². The van der Waals surface area contributed by atoms with Gasteiger partial charge in [-0.1, -0.05) is 0 Å². The molecular formula is C14H18FN3S. The summed E-state index contributed by atoms with van der Waals surface area (Å²) < 4.78 is 12.8. The summed E-state index contributed by atoms with van der Waals surface area (Å²) in [4.78, 5) is 9.76. The second kappa shape index (κ2) is 5.35. The molecule has 19 heavy (non-hydrogen) atoms. The highest BCUT2D eigenvalue weighted by Crippen LogP contribution is 2.26. The Balaban J connectivity index is 2.19. The molecule has 1 N–H and O–H groups in total. The van der Waals surface area contributed by atoms with E-state index < -0.39 is 0 Å². The minimum absolute atomic E-state index is 0.0741. The number of halogens is 1. The Morgan fingerprint density at radius 2 is 2.05 bits per heavy atom. The monoisotopic (exact) mass is 279 g/mol. The summed E-state index contributed by atoms with van der Waals surface area (Å²) in [6.45, 7) is 9.17. The predicted octanol–water partition coefficient (Wildman–Crippen LogP) is 3.54. The van der Waals surface area contributed by atoms with Gasteiger partial charge < -0.3 is 5.32 Å². The lowest BCUT2D eigenvalue weighted by Gasteiger charge is -2.19. The Morgan fingerprint density at radius 3 is 2.63 bits per heavy atom. The average molecular weight is 279 g/mol. The van der Waals surface area contributed by atoms with E-state index in [2.05, 4.69) is 36.1 Å². The molecule has 5 heteroatoms. The van der Waals surface area contributed by atoms with Crippen molar-refractivity contribution in [2.24, 2.45) is 0 Å². The van der Waals surface area contributed by atoms with Crippen LogP contribution in [0.5, 0.6) is 0 Å². The Morgan fingerprint density at radius 1 is 1.32 bits per heavy atom. The molecule has 0 radical (unpaired) electrons. The van der Waals surface area contributed by atoms with Gasteiger partial charge in [0.25, 0.3) is 0 Å². The second-order valence-corrected chi connectivity index (χ2v) is 6.58. The molecule has 2 aromatic heterocycles. The first-order chi connectivity index (χ1) is 8.85. The Bertz CT molecular complexity index is 555. The van der Waals surface area contributed by atoms with E-state index >= 15 is 0 Å². The van der Waals surface area contributed by atoms with Crippen LogP contribution < -0.4 is 5.32 Å². The minimum Gasteiger partial charge on any atom is -0.307 e. The number of thiazole rings is 1. The van der Waals surface area contributed by atoms with Crippen LogP contribution in [0.1, 0.15) is 31.3 Å². The SMILES string of the molecule is Cc1nc(-c2ccc(F)cn2)sc1CNC(C)(C)C. The van der Waals surface area contributed by atoms with Gasteiger partial charge in [-0.2, -0.15) is 0 Å². The van der Waals surface area contributed by atoms with E-state index in [4.69, 9.17) is 0 Å². The smallest absolute Gasteiger partial charge is 0.142 e. The van der Waals surface area contributed by atoms with Gasteiger partial charge in [0.15, 0.2) is 0 Å². The summed E-state index contributed by atoms with van der Waals surface area (Å²) in [5.41, 5.74) is 1.80. The van der Waals surface area contributed by atoms with Crippen molar-refractivity contribution in [3.63, 3.8) is 0 Å². The topological polar surface area (TPSA) is 37.8 Å². The number of pyridine rings is 1. The molecule has 0 unspecified atom stereocenters. The third-order valence-corrected chi connectivity index (χ3v) is 3.80. The lowest BCUT2D eigenvalue weighted by atomic mass is 10.1. The lowest BCUT2D eigenvalue weighted by Crippen LogP contribution is -2.34. The molecule has 0 aromatic carbocycles. The molecule has 0 atom stereocenters. The maximum atomic E-state index is 12.8. The van der Waals surface area contributed by atoms with Crippen LogP contribution >= 0.6 is 11.3 Å². The summed E-state index contributed by atoms with van der Waals surface area (Å²) in [6.07, 6.45) is 1.22. The van der Waals surface area contributed by atoms with Gasteiger partial charge in [-0.25, -0.2) is 9.37 Å². The maximum Gasteiger partial charge on any atom is 0.142 e. The van der Waals surface area contributed by atoms with Gasteiger partial charge in [0.2, 0.25) is 0 Å². The van der Waals surface area contributed by atoms with Crippen LogP contribution in [0.15, 0.2) is 18.3 Å². The predicted molar refractivity (Wildman–Crippen MR) is 76.6 cm³/mol. The summed E-state index contributed by atoms with van der Waals surface area (Å²) in [5, 5.41) is 4.28. The molecule has 102 valence electrons. The van der Waals surface area contributed by atoms with E-state index in [0.29, 0.717) is 0 Å². The van der Waals surface area contributed by atoms with Gasteiger partial charge in [0, 0.05) is 17.0 Å². The quantitative estimate of drug-likeness (QED) is 0.934. The first-order valence-corrected chi connectivity index (χ1v) is 7.00. The molecule has 0 saturated carbocycles. The first-order valence-electron chi connectivity index (χ1n) is 6.18. The van der Waals surface area contributed by atoms with Crippen molar-refractivity contribution in [3.05, 3.63) is 34.7 Å². The van der Waals surface area contributed by atoms with Crippen LogP contribution in [0.3, 0.4) is 0 Å². The molecule has 0 aliphatic carbocycles. The summed E-state index contributed by atoms with van der Waals surface area (Å²) >= 11 is 1.60. The first kappa shape index (κ1) is 14.1. The van der Waals surface area contributed by atoms with E-state index in [9.17, 15) is 4.39 Å². The molecular weight excluding hydrogens is 261 g/mol. The number of aromatic nitrogens is 2. The zero-order valence-corrected chi connectivity index (χ0v) is 12.4. The van der Waals surface area contributed by atoms with Crippen LogP contribution in [0.2, 0.25) is 0 Å². The molecule has 0 aliphatic rings. The second-order valence-electron chi connectivity index (χ2n) is 5.49. The summed E-state index contributed by atoms with van der Waals surface area (Å²) in [7, 11) is 0. The van der Waals surface area contributed by atoms with E-state index in [-0.39, 0.29) is 11.4 Å². The number of nitrogens with one attached hydrogen (secondary N) is 1. The van der Waals surface area contributed by atoms with E-state index in [1.54, 1.807) is 17.4 Å². The number of nitrogens with zero attached hydrogens (tertiary/aromatic N) is 2. The standard InChI is InChI=1S/C14H18FN3S/c1-9-12(8-17-14(2,3)4)19-13(18-9)11-6-5-10(15)7-16-11/h5-7,17H,8H2,1-4H3. The molecule has 0 aliphatic heterocycles. The fourth-order valence-corrected chi connectivity index (χ4v) is 2.53. The van der Waals surface area contributed by atoms with Crippen LogP contribution in [-0.2, 0) is 6.54 Å². The van der Waals surface area contributed by atoms with Crippen molar-refractivity contribution in [3.8, 4) is 10.7 Å². The number of hydrogen-bond donors (Lipinski definition) is 1. The van der Waals surface area contributed by atoms with Crippen LogP contribution in [0, 0.1) is 12.7 Å². The normalized spacial score (nSPS) is 11.8. The van der Waals surface area contributed by atoms with Crippen molar-refractivity contribution in [2.45, 2.75) is 39.8 Å². The van der Waals surface area contributed by atoms with E-state index in [1.165, 1.54) is 17.1 Å². The van der Waals surface area contributed by atoms with Crippen LogP contribution in [0.4, 0.5) is 4.39 Å². The van der Waals surface area contributed by atoms with Gasteiger partial charge in [0.1, 0.15) is 10.8 Å². The fraction of sp³-hybridized carbons (Fsp3) is 0.429. The summed E-state index contributed by atoms with van der Waals surface area (Å²) in [6, 6.07) is 3.07. The highest BCUT2D eigenvalue weighted by Gasteiger charge is 2.14. The van der Waals surface area contributed by atoms with Crippen molar-refractivity contribution in [1.82, 2.24) is 15.3 Å². The third-order valence-electron chi connectivity index (χ3n) is 2.62. The maximum absolute atomic E-state index is 12.8. The van der Waals surface area contributed by atoms with Crippen molar-refractivity contribution in [2.75, 3.05) is 0 Å². The minimum atomic E-state index is -0.327. The molecule has 0 fully saturated rings. The zero-order chi connectivity index (χ0) is 14.0. The number of rotatable bonds is 3. The molecule has 0 spiro atoms. The molecule has 0 amide bonds. The van der Waals surface area contributed by atoms with Gasteiger partial charge in [-0.05, 0) is 39.8 Å². The summed E-state index contributed by atoms with van der Waals surface area (Å²) in [5.74, 6) is -0.327. The van der Waals surface area contributed by atoms with E-state index in [0.717, 1.165) is 22.9 Å². The number of aryl methyl sites for hydroxylation is 1. The van der Waals surface area contributed by atoms with Gasteiger partial charge in [0.05, 0.1) is 17.6 Å². The molecule has 2 aromatic rings. The average Bonchev–Trinajstić information content (AvgIpc) is 2.68. The van der Waals surface area contributed by atoms with Gasteiger partial charge >= 0.3 is 0 Å². The van der Waals surface area contributed by atoms with Crippen LogP contribution in [0.25, 0.3) is 10.7 Å². The molecule has 0 saturated heterocycles. The Hall–Kier alpha value is -1.33. The van der Waals surface area contributed by atoms with Crippen molar-refractivity contribution < 1.29 is 4.39 Å². The largest absolute Gasteiger partial charge is 0.307 e. The van der Waals surface area contributed by atoms with Crippen LogP contribution in [-0.4, -0.2) is 15.5 Å².